The highest BCUT2D eigenvalue weighted by molar-refractivity contribution is 7.89. The molecule has 102 valence electrons. The second kappa shape index (κ2) is 6.45. The Balaban J connectivity index is 3.13. The molecule has 0 atom stereocenters. The zero-order valence-corrected chi connectivity index (χ0v) is 11.4. The minimum Gasteiger partial charge on any atom is -0.209 e. The van der Waals surface area contributed by atoms with Crippen molar-refractivity contribution in [3.63, 3.8) is 0 Å². The predicted octanol–water partition coefficient (Wildman–Crippen LogP) is 2.49. The van der Waals surface area contributed by atoms with Crippen LogP contribution in [0.4, 0.5) is 8.78 Å². The maximum Gasteiger partial charge on any atom is 0.252 e. The van der Waals surface area contributed by atoms with Gasteiger partial charge in [0.15, 0.2) is 0 Å². The Bertz CT molecular complexity index is 494. The van der Waals surface area contributed by atoms with Crippen LogP contribution < -0.4 is 0 Å². The zero-order valence-electron chi connectivity index (χ0n) is 9.81. The summed E-state index contributed by atoms with van der Waals surface area (Å²) >= 11 is 5.46. The molecule has 18 heavy (non-hydrogen) atoms. The van der Waals surface area contributed by atoms with E-state index >= 15 is 0 Å². The molecule has 0 saturated carbocycles. The Morgan fingerprint density at radius 2 is 1.94 bits per heavy atom. The zero-order chi connectivity index (χ0) is 13.8. The third-order valence-corrected chi connectivity index (χ3v) is 4.58. The lowest BCUT2D eigenvalue weighted by atomic mass is 10.2. The Kier molecular flexibility index (Phi) is 5.49. The molecule has 0 spiro atoms. The molecule has 0 saturated heterocycles. The summed E-state index contributed by atoms with van der Waals surface area (Å²) in [4.78, 5) is 0.0377. The average Bonchev–Trinajstić information content (AvgIpc) is 2.28. The van der Waals surface area contributed by atoms with Gasteiger partial charge >= 0.3 is 0 Å². The van der Waals surface area contributed by atoms with Gasteiger partial charge in [-0.15, -0.1) is 11.6 Å². The molecule has 0 radical (unpaired) electrons. The van der Waals surface area contributed by atoms with Gasteiger partial charge in [0.1, 0.15) is 0 Å². The molecular formula is C11H14ClF2NO2S. The van der Waals surface area contributed by atoms with Crippen molar-refractivity contribution in [2.75, 3.05) is 19.0 Å². The van der Waals surface area contributed by atoms with Crippen molar-refractivity contribution in [1.29, 1.82) is 0 Å². The summed E-state index contributed by atoms with van der Waals surface area (Å²) in [6.07, 6.45) is -2.73. The van der Waals surface area contributed by atoms with Crippen LogP contribution >= 0.6 is 11.6 Å². The molecule has 0 unspecified atom stereocenters. The molecule has 0 heterocycles. The van der Waals surface area contributed by atoms with Gasteiger partial charge in [-0.05, 0) is 18.6 Å². The first-order valence-electron chi connectivity index (χ1n) is 5.29. The van der Waals surface area contributed by atoms with E-state index in [0.717, 1.165) is 0 Å². The van der Waals surface area contributed by atoms with E-state index in [1.165, 1.54) is 6.07 Å². The molecule has 0 bridgehead atoms. The van der Waals surface area contributed by atoms with E-state index in [1.807, 2.05) is 0 Å². The lowest BCUT2D eigenvalue weighted by Crippen LogP contribution is -2.36. The predicted molar refractivity (Wildman–Crippen MR) is 66.7 cm³/mol. The summed E-state index contributed by atoms with van der Waals surface area (Å²) in [5.41, 5.74) is 0.520. The molecule has 7 heteroatoms. The number of alkyl halides is 3. The van der Waals surface area contributed by atoms with Crippen molar-refractivity contribution in [1.82, 2.24) is 4.31 Å². The maximum absolute atomic E-state index is 12.4. The van der Waals surface area contributed by atoms with E-state index in [0.29, 0.717) is 9.87 Å². The SMILES string of the molecule is Cc1ccccc1S(=O)(=O)N(CCCl)CC(F)F. The molecule has 3 nitrogen and oxygen atoms in total. The number of nitrogens with zero attached hydrogens (tertiary/aromatic N) is 1. The number of hydrogen-bond donors (Lipinski definition) is 0. The van der Waals surface area contributed by atoms with Crippen molar-refractivity contribution >= 4 is 21.6 Å². The van der Waals surface area contributed by atoms with Gasteiger partial charge < -0.3 is 0 Å². The maximum atomic E-state index is 12.4. The molecule has 0 aliphatic rings. The summed E-state index contributed by atoms with van der Waals surface area (Å²) in [5.74, 6) is -0.0299. The van der Waals surface area contributed by atoms with Crippen molar-refractivity contribution < 1.29 is 17.2 Å². The first kappa shape index (κ1) is 15.3. The lowest BCUT2D eigenvalue weighted by Gasteiger charge is -2.21. The van der Waals surface area contributed by atoms with Gasteiger partial charge in [-0.1, -0.05) is 18.2 Å². The van der Waals surface area contributed by atoms with Crippen LogP contribution in [0.1, 0.15) is 5.56 Å². The van der Waals surface area contributed by atoms with Crippen LogP contribution in [0.25, 0.3) is 0 Å². The average molecular weight is 298 g/mol. The summed E-state index contributed by atoms with van der Waals surface area (Å²) in [7, 11) is -3.92. The van der Waals surface area contributed by atoms with Crippen LogP contribution in [-0.2, 0) is 10.0 Å². The molecule has 0 aliphatic heterocycles. The smallest absolute Gasteiger partial charge is 0.209 e. The highest BCUT2D eigenvalue weighted by atomic mass is 35.5. The fraction of sp³-hybridized carbons (Fsp3) is 0.455. The second-order valence-electron chi connectivity index (χ2n) is 3.71. The number of benzene rings is 1. The van der Waals surface area contributed by atoms with Crippen molar-refractivity contribution in [2.24, 2.45) is 0 Å². The van der Waals surface area contributed by atoms with Gasteiger partial charge in [0.2, 0.25) is 10.0 Å². The van der Waals surface area contributed by atoms with Crippen LogP contribution in [0.15, 0.2) is 29.2 Å². The molecule has 0 fully saturated rings. The van der Waals surface area contributed by atoms with E-state index < -0.39 is 23.0 Å². The quantitative estimate of drug-likeness (QED) is 0.757. The third kappa shape index (κ3) is 3.63. The van der Waals surface area contributed by atoms with Gasteiger partial charge in [0, 0.05) is 12.4 Å². The van der Waals surface area contributed by atoms with Gasteiger partial charge in [-0.3, -0.25) is 0 Å². The van der Waals surface area contributed by atoms with Gasteiger partial charge in [0.25, 0.3) is 6.43 Å². The van der Waals surface area contributed by atoms with E-state index in [2.05, 4.69) is 0 Å². The van der Waals surface area contributed by atoms with Gasteiger partial charge in [-0.2, -0.15) is 4.31 Å². The van der Waals surface area contributed by atoms with Crippen LogP contribution in [0.2, 0.25) is 0 Å². The fourth-order valence-corrected chi connectivity index (χ4v) is 3.49. The third-order valence-electron chi connectivity index (χ3n) is 2.39. The largest absolute Gasteiger partial charge is 0.252 e. The standard InChI is InChI=1S/C11H14ClF2NO2S/c1-9-4-2-3-5-10(9)18(16,17)15(7-6-12)8-11(13)14/h2-5,11H,6-8H2,1H3. The van der Waals surface area contributed by atoms with Crippen molar-refractivity contribution in [3.8, 4) is 0 Å². The van der Waals surface area contributed by atoms with Crippen molar-refractivity contribution in [3.05, 3.63) is 29.8 Å². The Morgan fingerprint density at radius 3 is 2.44 bits per heavy atom. The minimum absolute atomic E-state index is 0.0299. The molecule has 0 amide bonds. The molecule has 0 aromatic heterocycles. The van der Waals surface area contributed by atoms with Crippen LogP contribution in [-0.4, -0.2) is 38.1 Å². The summed E-state index contributed by atoms with van der Waals surface area (Å²) in [6.45, 7) is 0.639. The molecule has 0 N–H and O–H groups in total. The number of sulfonamides is 1. The Hall–Kier alpha value is -0.720. The van der Waals surface area contributed by atoms with E-state index in [4.69, 9.17) is 11.6 Å². The lowest BCUT2D eigenvalue weighted by molar-refractivity contribution is 0.121. The summed E-state index contributed by atoms with van der Waals surface area (Å²) < 4.78 is 50.0. The summed E-state index contributed by atoms with van der Waals surface area (Å²) in [5, 5.41) is 0. The number of halogens is 3. The Morgan fingerprint density at radius 1 is 1.33 bits per heavy atom. The van der Waals surface area contributed by atoms with Gasteiger partial charge in [-0.25, -0.2) is 17.2 Å². The second-order valence-corrected chi connectivity index (χ2v) is 5.99. The fourth-order valence-electron chi connectivity index (χ4n) is 1.54. The first-order chi connectivity index (χ1) is 8.39. The molecule has 1 aromatic rings. The van der Waals surface area contributed by atoms with E-state index in [1.54, 1.807) is 25.1 Å². The van der Waals surface area contributed by atoms with E-state index in [9.17, 15) is 17.2 Å². The highest BCUT2D eigenvalue weighted by Crippen LogP contribution is 2.20. The number of rotatable bonds is 6. The molecular weight excluding hydrogens is 284 g/mol. The number of aryl methyl sites for hydroxylation is 1. The van der Waals surface area contributed by atoms with Crippen molar-refractivity contribution in [2.45, 2.75) is 18.2 Å². The Labute approximate surface area is 110 Å². The molecule has 1 aromatic carbocycles. The minimum atomic E-state index is -3.92. The first-order valence-corrected chi connectivity index (χ1v) is 7.27. The van der Waals surface area contributed by atoms with Crippen LogP contribution in [0.3, 0.4) is 0 Å². The van der Waals surface area contributed by atoms with Crippen LogP contribution in [0.5, 0.6) is 0 Å². The summed E-state index contributed by atoms with van der Waals surface area (Å²) in [6, 6.07) is 6.26. The topological polar surface area (TPSA) is 37.4 Å². The van der Waals surface area contributed by atoms with Gasteiger partial charge in [0.05, 0.1) is 11.4 Å². The van der Waals surface area contributed by atoms with Crippen LogP contribution in [0, 0.1) is 6.92 Å². The molecule has 1 rings (SSSR count). The monoisotopic (exact) mass is 297 g/mol. The van der Waals surface area contributed by atoms with E-state index in [-0.39, 0.29) is 17.3 Å². The normalized spacial score (nSPS) is 12.3. The number of hydrogen-bond acceptors (Lipinski definition) is 2. The highest BCUT2D eigenvalue weighted by Gasteiger charge is 2.27. The molecule has 0 aliphatic carbocycles.